The average molecular weight is 317 g/mol. The van der Waals surface area contributed by atoms with Crippen LogP contribution in [-0.2, 0) is 15.7 Å². The highest BCUT2D eigenvalue weighted by Crippen LogP contribution is 2.33. The van der Waals surface area contributed by atoms with Gasteiger partial charge in [-0.05, 0) is 18.4 Å². The molecule has 2 rings (SSSR count). The molecule has 1 aromatic heterocycles. The van der Waals surface area contributed by atoms with Gasteiger partial charge >= 0.3 is 12.1 Å². The molecule has 7 heteroatoms. The zero-order valence-corrected chi connectivity index (χ0v) is 12.2. The standard InChI is InChI=1S/C15H18F3NO3/c1-22-14(21)12(8-10-4-2-3-5-10)19-9-11(15(16,17)18)6-7-13(19)20/h6-7,9-10,12H,2-5,8H2,1H3. The first-order valence-corrected chi connectivity index (χ1v) is 7.20. The highest BCUT2D eigenvalue weighted by molar-refractivity contribution is 5.74. The lowest BCUT2D eigenvalue weighted by atomic mass is 9.98. The molecule has 1 aromatic rings. The number of carbonyl (C=O) groups excluding carboxylic acids is 1. The Morgan fingerprint density at radius 2 is 2.00 bits per heavy atom. The molecule has 0 amide bonds. The van der Waals surface area contributed by atoms with Crippen molar-refractivity contribution in [2.75, 3.05) is 7.11 Å². The lowest BCUT2D eigenvalue weighted by Gasteiger charge is -2.21. The molecule has 0 N–H and O–H groups in total. The topological polar surface area (TPSA) is 48.3 Å². The number of hydrogen-bond acceptors (Lipinski definition) is 3. The summed E-state index contributed by atoms with van der Waals surface area (Å²) in [5, 5.41) is 0. The molecule has 122 valence electrons. The van der Waals surface area contributed by atoms with Crippen LogP contribution in [0.2, 0.25) is 0 Å². The summed E-state index contributed by atoms with van der Waals surface area (Å²) in [5.41, 5.74) is -1.59. The number of ether oxygens (including phenoxy) is 1. The van der Waals surface area contributed by atoms with E-state index in [2.05, 4.69) is 4.74 Å². The second kappa shape index (κ2) is 6.54. The molecule has 22 heavy (non-hydrogen) atoms. The van der Waals surface area contributed by atoms with Gasteiger partial charge < -0.3 is 9.30 Å². The fourth-order valence-electron chi connectivity index (χ4n) is 2.94. The summed E-state index contributed by atoms with van der Waals surface area (Å²) in [6.07, 6.45) is 0.380. The Morgan fingerprint density at radius 3 is 2.55 bits per heavy atom. The molecule has 0 aliphatic heterocycles. The molecule has 1 fully saturated rings. The number of halogens is 3. The predicted molar refractivity (Wildman–Crippen MR) is 73.3 cm³/mol. The Hall–Kier alpha value is -1.79. The average Bonchev–Trinajstić information content (AvgIpc) is 2.96. The molecule has 1 atom stereocenters. The van der Waals surface area contributed by atoms with Gasteiger partial charge in [0.2, 0.25) is 0 Å². The van der Waals surface area contributed by atoms with Crippen LogP contribution in [0, 0.1) is 5.92 Å². The van der Waals surface area contributed by atoms with Crippen LogP contribution in [0.15, 0.2) is 23.1 Å². The summed E-state index contributed by atoms with van der Waals surface area (Å²) in [4.78, 5) is 23.9. The maximum atomic E-state index is 12.8. The molecule has 1 aliphatic rings. The summed E-state index contributed by atoms with van der Waals surface area (Å²) in [6.45, 7) is 0. The van der Waals surface area contributed by atoms with Gasteiger partial charge in [0, 0.05) is 12.3 Å². The van der Waals surface area contributed by atoms with E-state index < -0.39 is 29.3 Å². The number of pyridine rings is 1. The van der Waals surface area contributed by atoms with Gasteiger partial charge in [-0.2, -0.15) is 13.2 Å². The van der Waals surface area contributed by atoms with Gasteiger partial charge in [0.1, 0.15) is 6.04 Å². The Morgan fingerprint density at radius 1 is 1.36 bits per heavy atom. The van der Waals surface area contributed by atoms with Crippen molar-refractivity contribution >= 4 is 5.97 Å². The lowest BCUT2D eigenvalue weighted by molar-refractivity contribution is -0.146. The summed E-state index contributed by atoms with van der Waals surface area (Å²) in [6, 6.07) is 0.554. The zero-order chi connectivity index (χ0) is 16.3. The van der Waals surface area contributed by atoms with Crippen LogP contribution in [0.1, 0.15) is 43.7 Å². The van der Waals surface area contributed by atoms with Gasteiger partial charge in [-0.15, -0.1) is 0 Å². The minimum absolute atomic E-state index is 0.227. The second-order valence-corrected chi connectivity index (χ2v) is 5.59. The zero-order valence-electron chi connectivity index (χ0n) is 12.2. The van der Waals surface area contributed by atoms with E-state index in [-0.39, 0.29) is 5.92 Å². The van der Waals surface area contributed by atoms with Crippen molar-refractivity contribution in [3.8, 4) is 0 Å². The molecule has 1 unspecified atom stereocenters. The van der Waals surface area contributed by atoms with Gasteiger partial charge in [-0.3, -0.25) is 4.79 Å². The third kappa shape index (κ3) is 3.69. The van der Waals surface area contributed by atoms with Crippen LogP contribution in [0.5, 0.6) is 0 Å². The van der Waals surface area contributed by atoms with Gasteiger partial charge in [0.15, 0.2) is 0 Å². The van der Waals surface area contributed by atoms with Gasteiger partial charge in [0.05, 0.1) is 12.7 Å². The fraction of sp³-hybridized carbons (Fsp3) is 0.600. The Bertz CT molecular complexity index is 588. The van der Waals surface area contributed by atoms with Crippen LogP contribution >= 0.6 is 0 Å². The monoisotopic (exact) mass is 317 g/mol. The number of carbonyl (C=O) groups is 1. The maximum absolute atomic E-state index is 12.8. The summed E-state index contributed by atoms with van der Waals surface area (Å²) < 4.78 is 44.0. The largest absolute Gasteiger partial charge is 0.467 e. The first-order valence-electron chi connectivity index (χ1n) is 7.20. The maximum Gasteiger partial charge on any atom is 0.417 e. The third-order valence-electron chi connectivity index (χ3n) is 4.11. The van der Waals surface area contributed by atoms with Gasteiger partial charge in [-0.1, -0.05) is 25.7 Å². The van der Waals surface area contributed by atoms with E-state index in [1.165, 1.54) is 7.11 Å². The van der Waals surface area contributed by atoms with E-state index in [4.69, 9.17) is 0 Å². The second-order valence-electron chi connectivity index (χ2n) is 5.59. The molecule has 0 bridgehead atoms. The number of hydrogen-bond donors (Lipinski definition) is 0. The first-order chi connectivity index (χ1) is 10.3. The molecule has 1 aliphatic carbocycles. The highest BCUT2D eigenvalue weighted by atomic mass is 19.4. The molecular weight excluding hydrogens is 299 g/mol. The number of alkyl halides is 3. The normalized spacial score (nSPS) is 17.5. The van der Waals surface area contributed by atoms with Gasteiger partial charge in [0.25, 0.3) is 5.56 Å². The third-order valence-corrected chi connectivity index (χ3v) is 4.11. The van der Waals surface area contributed by atoms with E-state index in [1.807, 2.05) is 0 Å². The van der Waals surface area contributed by atoms with Crippen molar-refractivity contribution in [2.24, 2.45) is 5.92 Å². The Balaban J connectivity index is 2.37. The molecule has 1 heterocycles. The van der Waals surface area contributed by atoms with Crippen LogP contribution in [0.4, 0.5) is 13.2 Å². The summed E-state index contributed by atoms with van der Waals surface area (Å²) in [7, 11) is 1.17. The molecule has 0 spiro atoms. The van der Waals surface area contributed by atoms with Crippen molar-refractivity contribution in [3.05, 3.63) is 34.2 Å². The molecule has 0 saturated heterocycles. The van der Waals surface area contributed by atoms with Crippen molar-refractivity contribution in [1.82, 2.24) is 4.57 Å². The summed E-state index contributed by atoms with van der Waals surface area (Å²) >= 11 is 0. The highest BCUT2D eigenvalue weighted by Gasteiger charge is 2.33. The van der Waals surface area contributed by atoms with E-state index in [0.717, 1.165) is 42.4 Å². The van der Waals surface area contributed by atoms with Crippen LogP contribution in [0.3, 0.4) is 0 Å². The predicted octanol–water partition coefficient (Wildman–Crippen LogP) is 3.16. The SMILES string of the molecule is COC(=O)C(CC1CCCC1)n1cc(C(F)(F)F)ccc1=O. The Kier molecular flexibility index (Phi) is 4.93. The quantitative estimate of drug-likeness (QED) is 0.802. The van der Waals surface area contributed by atoms with Crippen LogP contribution in [0.25, 0.3) is 0 Å². The van der Waals surface area contributed by atoms with E-state index in [9.17, 15) is 22.8 Å². The van der Waals surface area contributed by atoms with Crippen LogP contribution in [-0.4, -0.2) is 17.6 Å². The van der Waals surface area contributed by atoms with E-state index in [1.54, 1.807) is 0 Å². The van der Waals surface area contributed by atoms with Crippen LogP contribution < -0.4 is 5.56 Å². The van der Waals surface area contributed by atoms with Crippen molar-refractivity contribution in [3.63, 3.8) is 0 Å². The number of rotatable bonds is 4. The van der Waals surface area contributed by atoms with Gasteiger partial charge in [-0.25, -0.2) is 4.79 Å². The minimum atomic E-state index is -4.57. The number of aromatic nitrogens is 1. The fourth-order valence-corrected chi connectivity index (χ4v) is 2.94. The van der Waals surface area contributed by atoms with Crippen molar-refractivity contribution < 1.29 is 22.7 Å². The van der Waals surface area contributed by atoms with Crippen molar-refractivity contribution in [1.29, 1.82) is 0 Å². The molecule has 0 aromatic carbocycles. The molecule has 4 nitrogen and oxygen atoms in total. The number of esters is 1. The number of methoxy groups -OCH3 is 1. The van der Waals surface area contributed by atoms with E-state index in [0.29, 0.717) is 12.6 Å². The minimum Gasteiger partial charge on any atom is -0.467 e. The number of nitrogens with zero attached hydrogens (tertiary/aromatic N) is 1. The molecule has 1 saturated carbocycles. The summed E-state index contributed by atoms with van der Waals surface area (Å²) in [5.74, 6) is -0.459. The first kappa shape index (κ1) is 16.6. The smallest absolute Gasteiger partial charge is 0.417 e. The van der Waals surface area contributed by atoms with Crippen molar-refractivity contribution in [2.45, 2.75) is 44.3 Å². The lowest BCUT2D eigenvalue weighted by Crippen LogP contribution is -2.32. The molecule has 0 radical (unpaired) electrons. The molecular formula is C15H18F3NO3. The van der Waals surface area contributed by atoms with E-state index >= 15 is 0 Å². The Labute approximate surface area is 125 Å².